The number of benzene rings is 1. The van der Waals surface area contributed by atoms with E-state index in [9.17, 15) is 4.79 Å². The van der Waals surface area contributed by atoms with Crippen LogP contribution in [-0.4, -0.2) is 55.2 Å². The van der Waals surface area contributed by atoms with Crippen molar-refractivity contribution < 1.29 is 13.9 Å². The van der Waals surface area contributed by atoms with Gasteiger partial charge in [0, 0.05) is 25.2 Å². The molecule has 1 aliphatic rings. The van der Waals surface area contributed by atoms with Gasteiger partial charge in [0.2, 0.25) is 5.89 Å². The van der Waals surface area contributed by atoms with Gasteiger partial charge >= 0.3 is 0 Å². The molecule has 2 aromatic rings. The fraction of sp³-hybridized carbons (Fsp3) is 0.474. The average Bonchev–Trinajstić information content (AvgIpc) is 3.01. The van der Waals surface area contributed by atoms with E-state index >= 15 is 0 Å². The highest BCUT2D eigenvalue weighted by molar-refractivity contribution is 5.93. The Hall–Kier alpha value is -2.18. The van der Waals surface area contributed by atoms with E-state index in [2.05, 4.69) is 15.2 Å². The Balaban J connectivity index is 1.53. The van der Waals surface area contributed by atoms with Gasteiger partial charge < -0.3 is 14.5 Å². The molecule has 1 aromatic carbocycles. The second-order valence-corrected chi connectivity index (χ2v) is 6.36. The van der Waals surface area contributed by atoms with Crippen LogP contribution in [0.25, 0.3) is 11.5 Å². The number of carbonyl (C=O) groups is 1. The molecule has 0 saturated carbocycles. The fourth-order valence-electron chi connectivity index (χ4n) is 2.92. The van der Waals surface area contributed by atoms with Crippen LogP contribution in [-0.2, 0) is 4.74 Å². The van der Waals surface area contributed by atoms with Crippen LogP contribution in [0.4, 0.5) is 0 Å². The molecular weight excluding hydrogens is 318 g/mol. The number of rotatable bonds is 6. The lowest BCUT2D eigenvalue weighted by Crippen LogP contribution is -2.38. The minimum Gasteiger partial charge on any atom is -0.441 e. The maximum atomic E-state index is 12.4. The minimum atomic E-state index is -0.179. The monoisotopic (exact) mass is 343 g/mol. The lowest BCUT2D eigenvalue weighted by molar-refractivity contribution is 0.0374. The predicted octanol–water partition coefficient (Wildman–Crippen LogP) is 2.41. The quantitative estimate of drug-likeness (QED) is 0.816. The van der Waals surface area contributed by atoms with Crippen molar-refractivity contribution in [3.63, 3.8) is 0 Å². The topological polar surface area (TPSA) is 67.6 Å². The Morgan fingerprint density at radius 2 is 2.08 bits per heavy atom. The van der Waals surface area contributed by atoms with Crippen LogP contribution in [0.3, 0.4) is 0 Å². The molecule has 0 spiro atoms. The number of ether oxygens (including phenoxy) is 1. The van der Waals surface area contributed by atoms with Crippen molar-refractivity contribution in [1.82, 2.24) is 15.2 Å². The number of nitrogens with one attached hydrogen (secondary N) is 1. The van der Waals surface area contributed by atoms with Crippen molar-refractivity contribution in [2.45, 2.75) is 20.3 Å². The molecule has 6 nitrogen and oxygen atoms in total. The van der Waals surface area contributed by atoms with Crippen molar-refractivity contribution in [1.29, 1.82) is 0 Å². The molecule has 0 radical (unpaired) electrons. The smallest absolute Gasteiger partial charge is 0.273 e. The van der Waals surface area contributed by atoms with Crippen LogP contribution in [0.2, 0.25) is 0 Å². The summed E-state index contributed by atoms with van der Waals surface area (Å²) < 4.78 is 11.0. The normalized spacial score (nSPS) is 15.3. The van der Waals surface area contributed by atoms with Gasteiger partial charge in [-0.2, -0.15) is 0 Å². The van der Waals surface area contributed by atoms with Crippen molar-refractivity contribution in [2.75, 3.05) is 39.4 Å². The summed E-state index contributed by atoms with van der Waals surface area (Å²) >= 11 is 0. The van der Waals surface area contributed by atoms with E-state index in [-0.39, 0.29) is 5.91 Å². The lowest BCUT2D eigenvalue weighted by Gasteiger charge is -2.26. The molecule has 1 saturated heterocycles. The molecule has 0 atom stereocenters. The first-order valence-electron chi connectivity index (χ1n) is 8.76. The molecule has 0 unspecified atom stereocenters. The summed E-state index contributed by atoms with van der Waals surface area (Å²) in [5, 5.41) is 2.94. The second kappa shape index (κ2) is 8.27. The van der Waals surface area contributed by atoms with E-state index in [0.717, 1.165) is 50.4 Å². The fourth-order valence-corrected chi connectivity index (χ4v) is 2.92. The van der Waals surface area contributed by atoms with Gasteiger partial charge in [0.1, 0.15) is 5.76 Å². The van der Waals surface area contributed by atoms with Gasteiger partial charge in [-0.1, -0.05) is 17.7 Å². The Labute approximate surface area is 148 Å². The van der Waals surface area contributed by atoms with Crippen LogP contribution in [0.5, 0.6) is 0 Å². The molecule has 2 heterocycles. The van der Waals surface area contributed by atoms with Gasteiger partial charge in [-0.3, -0.25) is 9.69 Å². The van der Waals surface area contributed by atoms with E-state index in [1.165, 1.54) is 0 Å². The van der Waals surface area contributed by atoms with E-state index in [4.69, 9.17) is 9.15 Å². The van der Waals surface area contributed by atoms with E-state index in [1.54, 1.807) is 6.92 Å². The van der Waals surface area contributed by atoms with E-state index in [1.807, 2.05) is 31.2 Å². The number of aryl methyl sites for hydroxylation is 2. The maximum absolute atomic E-state index is 12.4. The Morgan fingerprint density at radius 3 is 2.84 bits per heavy atom. The Kier molecular flexibility index (Phi) is 5.83. The van der Waals surface area contributed by atoms with Crippen molar-refractivity contribution in [3.8, 4) is 11.5 Å². The molecule has 0 bridgehead atoms. The minimum absolute atomic E-state index is 0.179. The van der Waals surface area contributed by atoms with Gasteiger partial charge in [-0.15, -0.1) is 0 Å². The van der Waals surface area contributed by atoms with Crippen LogP contribution >= 0.6 is 0 Å². The van der Waals surface area contributed by atoms with Gasteiger partial charge in [-0.25, -0.2) is 4.98 Å². The molecule has 1 N–H and O–H groups in total. The number of aromatic nitrogens is 1. The Bertz CT molecular complexity index is 720. The summed E-state index contributed by atoms with van der Waals surface area (Å²) in [5.74, 6) is 0.851. The first-order valence-corrected chi connectivity index (χ1v) is 8.76. The number of oxazole rings is 1. The van der Waals surface area contributed by atoms with Crippen molar-refractivity contribution in [2.24, 2.45) is 0 Å². The summed E-state index contributed by atoms with van der Waals surface area (Å²) in [6.45, 7) is 8.92. The van der Waals surface area contributed by atoms with Gasteiger partial charge in [0.15, 0.2) is 5.69 Å². The third-order valence-electron chi connectivity index (χ3n) is 4.32. The van der Waals surface area contributed by atoms with Gasteiger partial charge in [-0.05, 0) is 38.9 Å². The molecule has 6 heteroatoms. The summed E-state index contributed by atoms with van der Waals surface area (Å²) in [6, 6.07) is 7.90. The average molecular weight is 343 g/mol. The molecule has 1 aromatic heterocycles. The molecule has 1 fully saturated rings. The van der Waals surface area contributed by atoms with Crippen LogP contribution in [0, 0.1) is 13.8 Å². The largest absolute Gasteiger partial charge is 0.441 e. The SMILES string of the molecule is Cc1cccc(-c2nc(C(=O)NCCCN3CCOCC3)c(C)o2)c1. The van der Waals surface area contributed by atoms with Crippen LogP contribution in [0.15, 0.2) is 28.7 Å². The number of nitrogens with zero attached hydrogens (tertiary/aromatic N) is 2. The van der Waals surface area contributed by atoms with Crippen molar-refractivity contribution in [3.05, 3.63) is 41.3 Å². The van der Waals surface area contributed by atoms with Crippen molar-refractivity contribution >= 4 is 5.91 Å². The number of amides is 1. The van der Waals surface area contributed by atoms with E-state index < -0.39 is 0 Å². The lowest BCUT2D eigenvalue weighted by atomic mass is 10.1. The summed E-state index contributed by atoms with van der Waals surface area (Å²) in [7, 11) is 0. The second-order valence-electron chi connectivity index (χ2n) is 6.36. The summed E-state index contributed by atoms with van der Waals surface area (Å²) in [6.07, 6.45) is 0.910. The third-order valence-corrected chi connectivity index (χ3v) is 4.32. The first kappa shape index (κ1) is 17.6. The Morgan fingerprint density at radius 1 is 1.28 bits per heavy atom. The highest BCUT2D eigenvalue weighted by Gasteiger charge is 2.18. The molecule has 1 amide bonds. The number of morpholine rings is 1. The maximum Gasteiger partial charge on any atom is 0.273 e. The van der Waals surface area contributed by atoms with Gasteiger partial charge in [0.25, 0.3) is 5.91 Å². The molecule has 0 aliphatic carbocycles. The zero-order chi connectivity index (χ0) is 17.6. The standard InChI is InChI=1S/C19H25N3O3/c1-14-5-3-6-16(13-14)19-21-17(15(2)25-19)18(23)20-7-4-8-22-9-11-24-12-10-22/h3,5-6,13H,4,7-12H2,1-2H3,(H,20,23). The number of hydrogen-bond acceptors (Lipinski definition) is 5. The van der Waals surface area contributed by atoms with Crippen LogP contribution < -0.4 is 5.32 Å². The highest BCUT2D eigenvalue weighted by atomic mass is 16.5. The summed E-state index contributed by atoms with van der Waals surface area (Å²) in [4.78, 5) is 19.1. The molecule has 3 rings (SSSR count). The van der Waals surface area contributed by atoms with E-state index in [0.29, 0.717) is 23.9 Å². The highest BCUT2D eigenvalue weighted by Crippen LogP contribution is 2.22. The third kappa shape index (κ3) is 4.67. The first-order chi connectivity index (χ1) is 12.1. The molecular formula is C19H25N3O3. The molecule has 25 heavy (non-hydrogen) atoms. The number of carbonyl (C=O) groups excluding carboxylic acids is 1. The van der Waals surface area contributed by atoms with Crippen LogP contribution in [0.1, 0.15) is 28.2 Å². The zero-order valence-corrected chi connectivity index (χ0v) is 14.9. The van der Waals surface area contributed by atoms with Gasteiger partial charge in [0.05, 0.1) is 13.2 Å². The zero-order valence-electron chi connectivity index (χ0n) is 14.9. The number of hydrogen-bond donors (Lipinski definition) is 1. The molecule has 134 valence electrons. The molecule has 1 aliphatic heterocycles. The summed E-state index contributed by atoms with van der Waals surface area (Å²) in [5.41, 5.74) is 2.37. The predicted molar refractivity (Wildman–Crippen MR) is 95.6 cm³/mol.